The number of carbonyl (C=O) groups excluding carboxylic acids is 1. The molecule has 0 heterocycles. The van der Waals surface area contributed by atoms with Crippen LogP contribution in [0.1, 0.15) is 25.7 Å². The highest BCUT2D eigenvalue weighted by atomic mass is 79.9. The Kier molecular flexibility index (Phi) is 4.69. The van der Waals surface area contributed by atoms with E-state index < -0.39 is 10.0 Å². The van der Waals surface area contributed by atoms with Gasteiger partial charge in [-0.3, -0.25) is 9.10 Å². The topological polar surface area (TPSA) is 66.5 Å². The van der Waals surface area contributed by atoms with E-state index in [2.05, 4.69) is 21.2 Å². The predicted octanol–water partition coefficient (Wildman–Crippen LogP) is 2.52. The van der Waals surface area contributed by atoms with Gasteiger partial charge in [-0.05, 0) is 59.2 Å². The molecule has 2 aliphatic carbocycles. The molecule has 7 heteroatoms. The van der Waals surface area contributed by atoms with Crippen LogP contribution in [0.3, 0.4) is 0 Å². The number of benzene rings is 1. The van der Waals surface area contributed by atoms with Crippen molar-refractivity contribution in [3.8, 4) is 0 Å². The molecule has 0 unspecified atom stereocenters. The standard InChI is InChI=1S/C16H21BrN2O3S/c1-23(21,22)19(15-5-3-2-4-13(15)17)10-16(20)18-14-9-11-6-7-12(14)8-11/h2-5,11-12,14H,6-10H2,1H3,(H,18,20)/t11-,12+,14-/m1/s1. The third kappa shape index (κ3) is 3.71. The molecule has 3 rings (SSSR count). The predicted molar refractivity (Wildman–Crippen MR) is 93.7 cm³/mol. The van der Waals surface area contributed by atoms with Gasteiger partial charge in [-0.1, -0.05) is 18.6 Å². The SMILES string of the molecule is CS(=O)(=O)N(CC(=O)N[C@@H]1C[C@@H]2CC[C@H]1C2)c1ccccc1Br. The molecule has 0 saturated heterocycles. The van der Waals surface area contributed by atoms with E-state index >= 15 is 0 Å². The van der Waals surface area contributed by atoms with Crippen molar-refractivity contribution in [1.29, 1.82) is 0 Å². The van der Waals surface area contributed by atoms with Gasteiger partial charge < -0.3 is 5.32 Å². The fourth-order valence-electron chi connectivity index (χ4n) is 3.84. The lowest BCUT2D eigenvalue weighted by Crippen LogP contribution is -2.45. The Morgan fingerprint density at radius 2 is 2.04 bits per heavy atom. The number of fused-ring (bicyclic) bond motifs is 2. The van der Waals surface area contributed by atoms with Gasteiger partial charge in [0.25, 0.3) is 0 Å². The van der Waals surface area contributed by atoms with Gasteiger partial charge in [0.1, 0.15) is 6.54 Å². The van der Waals surface area contributed by atoms with Crippen LogP contribution in [0.5, 0.6) is 0 Å². The lowest BCUT2D eigenvalue weighted by Gasteiger charge is -2.26. The number of nitrogens with zero attached hydrogens (tertiary/aromatic N) is 1. The van der Waals surface area contributed by atoms with Crippen LogP contribution in [0.2, 0.25) is 0 Å². The molecule has 1 aromatic carbocycles. The molecule has 2 aliphatic rings. The van der Waals surface area contributed by atoms with Gasteiger partial charge in [-0.25, -0.2) is 8.42 Å². The third-order valence-corrected chi connectivity index (χ3v) is 6.69. The second-order valence-corrected chi connectivity index (χ2v) is 9.33. The minimum Gasteiger partial charge on any atom is -0.352 e. The summed E-state index contributed by atoms with van der Waals surface area (Å²) in [7, 11) is -3.54. The van der Waals surface area contributed by atoms with E-state index in [1.165, 1.54) is 19.3 Å². The van der Waals surface area contributed by atoms with Crippen molar-refractivity contribution >= 4 is 37.5 Å². The minimum absolute atomic E-state index is 0.185. The second-order valence-electron chi connectivity index (χ2n) is 6.57. The molecule has 126 valence electrons. The van der Waals surface area contributed by atoms with Crippen molar-refractivity contribution < 1.29 is 13.2 Å². The van der Waals surface area contributed by atoms with Gasteiger partial charge in [0.2, 0.25) is 15.9 Å². The summed E-state index contributed by atoms with van der Waals surface area (Å²) in [4.78, 5) is 12.4. The van der Waals surface area contributed by atoms with Gasteiger partial charge in [0, 0.05) is 10.5 Å². The Balaban J connectivity index is 1.72. The van der Waals surface area contributed by atoms with Crippen LogP contribution in [-0.4, -0.2) is 33.2 Å². The Hall–Kier alpha value is -1.08. The quantitative estimate of drug-likeness (QED) is 0.825. The van der Waals surface area contributed by atoms with Gasteiger partial charge in [-0.15, -0.1) is 0 Å². The van der Waals surface area contributed by atoms with E-state index in [1.54, 1.807) is 18.2 Å². The zero-order chi connectivity index (χ0) is 16.6. The van der Waals surface area contributed by atoms with Crippen molar-refractivity contribution in [2.75, 3.05) is 17.1 Å². The summed E-state index contributed by atoms with van der Waals surface area (Å²) in [5.74, 6) is 1.07. The Morgan fingerprint density at radius 3 is 2.61 bits per heavy atom. The molecule has 2 fully saturated rings. The molecule has 23 heavy (non-hydrogen) atoms. The van der Waals surface area contributed by atoms with Crippen molar-refractivity contribution in [3.05, 3.63) is 28.7 Å². The van der Waals surface area contributed by atoms with Gasteiger partial charge in [0.05, 0.1) is 11.9 Å². The maximum absolute atomic E-state index is 12.4. The highest BCUT2D eigenvalue weighted by Gasteiger charge is 2.40. The zero-order valence-corrected chi connectivity index (χ0v) is 15.4. The molecular formula is C16H21BrN2O3S. The summed E-state index contributed by atoms with van der Waals surface area (Å²) in [6, 6.07) is 7.23. The largest absolute Gasteiger partial charge is 0.352 e. The van der Waals surface area contributed by atoms with Crippen LogP contribution < -0.4 is 9.62 Å². The van der Waals surface area contributed by atoms with Crippen LogP contribution in [-0.2, 0) is 14.8 Å². The monoisotopic (exact) mass is 400 g/mol. The van der Waals surface area contributed by atoms with Crippen LogP contribution in [0.15, 0.2) is 28.7 Å². The molecule has 1 N–H and O–H groups in total. The smallest absolute Gasteiger partial charge is 0.241 e. The molecular weight excluding hydrogens is 380 g/mol. The van der Waals surface area contributed by atoms with Gasteiger partial charge >= 0.3 is 0 Å². The van der Waals surface area contributed by atoms with E-state index in [0.29, 0.717) is 16.1 Å². The van der Waals surface area contributed by atoms with E-state index in [1.807, 2.05) is 6.07 Å². The van der Waals surface area contributed by atoms with Crippen LogP contribution in [0.4, 0.5) is 5.69 Å². The van der Waals surface area contributed by atoms with Crippen molar-refractivity contribution in [1.82, 2.24) is 5.32 Å². The molecule has 3 atom stereocenters. The molecule has 0 aromatic heterocycles. The first kappa shape index (κ1) is 16.8. The average Bonchev–Trinajstić information content (AvgIpc) is 3.07. The maximum Gasteiger partial charge on any atom is 0.241 e. The maximum atomic E-state index is 12.4. The Morgan fingerprint density at radius 1 is 1.30 bits per heavy atom. The Labute approximate surface area is 145 Å². The molecule has 0 aliphatic heterocycles. The van der Waals surface area contributed by atoms with Crippen molar-refractivity contribution in [3.63, 3.8) is 0 Å². The number of amides is 1. The van der Waals surface area contributed by atoms with E-state index in [-0.39, 0.29) is 18.5 Å². The first-order valence-corrected chi connectivity index (χ1v) is 10.5. The molecule has 2 bridgehead atoms. The number of carbonyl (C=O) groups is 1. The summed E-state index contributed by atoms with van der Waals surface area (Å²) in [5, 5.41) is 3.04. The molecule has 1 amide bonds. The lowest BCUT2D eigenvalue weighted by molar-refractivity contribution is -0.120. The van der Waals surface area contributed by atoms with Crippen LogP contribution in [0.25, 0.3) is 0 Å². The zero-order valence-electron chi connectivity index (χ0n) is 13.0. The molecule has 5 nitrogen and oxygen atoms in total. The number of anilines is 1. The van der Waals surface area contributed by atoms with E-state index in [4.69, 9.17) is 0 Å². The van der Waals surface area contributed by atoms with Gasteiger partial charge in [-0.2, -0.15) is 0 Å². The minimum atomic E-state index is -3.54. The number of rotatable bonds is 5. The highest BCUT2D eigenvalue weighted by molar-refractivity contribution is 9.10. The van der Waals surface area contributed by atoms with Crippen molar-refractivity contribution in [2.24, 2.45) is 11.8 Å². The third-order valence-electron chi connectivity index (χ3n) is 4.89. The van der Waals surface area contributed by atoms with E-state index in [0.717, 1.165) is 22.9 Å². The number of sulfonamides is 1. The molecule has 0 spiro atoms. The number of hydrogen-bond acceptors (Lipinski definition) is 3. The normalized spacial score (nSPS) is 26.3. The number of para-hydroxylation sites is 1. The second kappa shape index (κ2) is 6.43. The molecule has 0 radical (unpaired) electrons. The number of nitrogens with one attached hydrogen (secondary N) is 1. The number of halogens is 1. The summed E-state index contributed by atoms with van der Waals surface area (Å²) in [6.07, 6.45) is 5.80. The fourth-order valence-corrected chi connectivity index (χ4v) is 5.32. The van der Waals surface area contributed by atoms with Crippen molar-refractivity contribution in [2.45, 2.75) is 31.7 Å². The molecule has 1 aromatic rings. The molecule has 2 saturated carbocycles. The number of hydrogen-bond donors (Lipinski definition) is 1. The first-order chi connectivity index (χ1) is 10.8. The highest BCUT2D eigenvalue weighted by Crippen LogP contribution is 2.44. The van der Waals surface area contributed by atoms with Gasteiger partial charge in [0.15, 0.2) is 0 Å². The summed E-state index contributed by atoms with van der Waals surface area (Å²) < 4.78 is 26.0. The lowest BCUT2D eigenvalue weighted by atomic mass is 9.95. The summed E-state index contributed by atoms with van der Waals surface area (Å²) >= 11 is 3.36. The van der Waals surface area contributed by atoms with Crippen LogP contribution in [0, 0.1) is 11.8 Å². The fraction of sp³-hybridized carbons (Fsp3) is 0.562. The first-order valence-electron chi connectivity index (χ1n) is 7.86. The summed E-state index contributed by atoms with van der Waals surface area (Å²) in [6.45, 7) is -0.185. The summed E-state index contributed by atoms with van der Waals surface area (Å²) in [5.41, 5.74) is 0.484. The van der Waals surface area contributed by atoms with Crippen LogP contribution >= 0.6 is 15.9 Å². The Bertz CT molecular complexity index is 707. The average molecular weight is 401 g/mol. The van der Waals surface area contributed by atoms with E-state index in [9.17, 15) is 13.2 Å².